The van der Waals surface area contributed by atoms with Gasteiger partial charge < -0.3 is 15.1 Å². The van der Waals surface area contributed by atoms with E-state index in [0.717, 1.165) is 6.42 Å². The minimum atomic E-state index is -5.32. The Balaban J connectivity index is 1.47. The third kappa shape index (κ3) is 4.15. The number of hydrogen-bond acceptors (Lipinski definition) is 4. The van der Waals surface area contributed by atoms with Gasteiger partial charge in [-0.1, -0.05) is 0 Å². The van der Waals surface area contributed by atoms with Crippen molar-refractivity contribution in [3.63, 3.8) is 0 Å². The fourth-order valence-electron chi connectivity index (χ4n) is 3.89. The molecule has 12 heteroatoms. The largest absolute Gasteiger partial charge is 0.511 e. The fraction of sp³-hybridized carbons (Fsp3) is 0.867. The number of hydrogen-bond donors (Lipinski definition) is 1. The molecule has 3 rings (SSSR count). The molecule has 0 bridgehead atoms. The Bertz CT molecular complexity index is 692. The van der Waals surface area contributed by atoms with E-state index in [2.05, 4.69) is 5.32 Å². The van der Waals surface area contributed by atoms with Gasteiger partial charge in [-0.25, -0.2) is 13.2 Å². The fourth-order valence-corrected chi connectivity index (χ4v) is 4.87. The summed E-state index contributed by atoms with van der Waals surface area (Å²) in [5, 5.41) is 2.77. The molecule has 3 aliphatic heterocycles. The number of halogens is 3. The number of piperidine rings is 1. The van der Waals surface area contributed by atoms with Crippen molar-refractivity contribution in [1.82, 2.24) is 19.4 Å². The van der Waals surface area contributed by atoms with Gasteiger partial charge in [0.05, 0.1) is 6.04 Å². The van der Waals surface area contributed by atoms with Crippen LogP contribution in [0.1, 0.15) is 32.1 Å². The second-order valence-electron chi connectivity index (χ2n) is 7.15. The van der Waals surface area contributed by atoms with Crippen LogP contribution in [0.2, 0.25) is 0 Å². The van der Waals surface area contributed by atoms with Crippen molar-refractivity contribution in [3.8, 4) is 0 Å². The van der Waals surface area contributed by atoms with Crippen molar-refractivity contribution in [2.75, 3.05) is 32.7 Å². The average Bonchev–Trinajstić information content (AvgIpc) is 3.23. The minimum Gasteiger partial charge on any atom is -0.338 e. The number of sulfonamides is 1. The van der Waals surface area contributed by atoms with Crippen LogP contribution >= 0.6 is 0 Å². The molecule has 1 unspecified atom stereocenters. The number of rotatable bonds is 3. The molecule has 0 spiro atoms. The lowest BCUT2D eigenvalue weighted by molar-refractivity contribution is -0.129. The van der Waals surface area contributed by atoms with Crippen molar-refractivity contribution < 1.29 is 31.2 Å². The van der Waals surface area contributed by atoms with Gasteiger partial charge in [0.1, 0.15) is 0 Å². The summed E-state index contributed by atoms with van der Waals surface area (Å²) in [6.45, 7) is 1.11. The molecule has 0 aromatic carbocycles. The van der Waals surface area contributed by atoms with E-state index in [1.165, 1.54) is 0 Å². The Morgan fingerprint density at radius 3 is 2.30 bits per heavy atom. The lowest BCUT2D eigenvalue weighted by Gasteiger charge is -2.32. The molecule has 0 radical (unpaired) electrons. The molecule has 3 fully saturated rings. The van der Waals surface area contributed by atoms with Gasteiger partial charge in [0, 0.05) is 45.2 Å². The van der Waals surface area contributed by atoms with Gasteiger partial charge in [-0.05, 0) is 25.7 Å². The van der Waals surface area contributed by atoms with Crippen LogP contribution in [0, 0.1) is 0 Å². The SMILES string of the molecule is O=C(NC1CCN(S(=O)(=O)C(F)(F)F)CC1)N1CCC(N2CCCC2=O)C1. The molecular weight excluding hydrogens is 389 g/mol. The highest BCUT2D eigenvalue weighted by Crippen LogP contribution is 2.29. The van der Waals surface area contributed by atoms with Gasteiger partial charge in [-0.3, -0.25) is 4.79 Å². The Morgan fingerprint density at radius 1 is 1.07 bits per heavy atom. The van der Waals surface area contributed by atoms with Gasteiger partial charge in [0.2, 0.25) is 5.91 Å². The monoisotopic (exact) mass is 412 g/mol. The summed E-state index contributed by atoms with van der Waals surface area (Å²) in [6, 6.07) is -0.671. The topological polar surface area (TPSA) is 90.0 Å². The van der Waals surface area contributed by atoms with Crippen molar-refractivity contribution in [1.29, 1.82) is 0 Å². The predicted molar refractivity (Wildman–Crippen MR) is 89.0 cm³/mol. The number of carbonyl (C=O) groups excluding carboxylic acids is 2. The molecule has 0 aromatic heterocycles. The third-order valence-electron chi connectivity index (χ3n) is 5.42. The molecule has 1 N–H and O–H groups in total. The van der Waals surface area contributed by atoms with Crippen molar-refractivity contribution in [2.45, 2.75) is 49.7 Å². The van der Waals surface area contributed by atoms with E-state index in [1.807, 2.05) is 4.90 Å². The summed E-state index contributed by atoms with van der Waals surface area (Å²) in [5.74, 6) is 0.112. The summed E-state index contributed by atoms with van der Waals surface area (Å²) in [5.41, 5.74) is -5.30. The van der Waals surface area contributed by atoms with E-state index in [1.54, 1.807) is 4.90 Å². The molecule has 3 saturated heterocycles. The number of carbonyl (C=O) groups is 2. The smallest absolute Gasteiger partial charge is 0.338 e. The first-order valence-electron chi connectivity index (χ1n) is 9.01. The zero-order valence-corrected chi connectivity index (χ0v) is 15.6. The maximum absolute atomic E-state index is 12.6. The highest BCUT2D eigenvalue weighted by atomic mass is 32.2. The number of nitrogens with one attached hydrogen (secondary N) is 1. The van der Waals surface area contributed by atoms with Gasteiger partial charge in [0.25, 0.3) is 0 Å². The van der Waals surface area contributed by atoms with Crippen molar-refractivity contribution >= 4 is 22.0 Å². The Morgan fingerprint density at radius 2 is 1.74 bits per heavy atom. The van der Waals surface area contributed by atoms with Gasteiger partial charge in [-0.15, -0.1) is 0 Å². The van der Waals surface area contributed by atoms with Crippen LogP contribution in [0.5, 0.6) is 0 Å². The summed E-state index contributed by atoms with van der Waals surface area (Å²) in [4.78, 5) is 27.6. The lowest BCUT2D eigenvalue weighted by atomic mass is 10.1. The van der Waals surface area contributed by atoms with E-state index in [0.29, 0.717) is 36.8 Å². The number of alkyl halides is 3. The van der Waals surface area contributed by atoms with Crippen LogP contribution in [-0.4, -0.2) is 84.8 Å². The summed E-state index contributed by atoms with van der Waals surface area (Å²) in [6.07, 6.45) is 2.34. The number of amides is 3. The molecule has 0 aliphatic carbocycles. The molecule has 3 heterocycles. The van der Waals surface area contributed by atoms with E-state index in [4.69, 9.17) is 0 Å². The first kappa shape index (κ1) is 20.2. The molecule has 0 saturated carbocycles. The first-order valence-corrected chi connectivity index (χ1v) is 10.4. The van der Waals surface area contributed by atoms with Gasteiger partial charge >= 0.3 is 21.6 Å². The normalized spacial score (nSPS) is 26.0. The third-order valence-corrected chi connectivity index (χ3v) is 7.05. The molecule has 1 atom stereocenters. The maximum Gasteiger partial charge on any atom is 0.511 e. The predicted octanol–water partition coefficient (Wildman–Crippen LogP) is 0.707. The van der Waals surface area contributed by atoms with Crippen molar-refractivity contribution in [2.24, 2.45) is 0 Å². The van der Waals surface area contributed by atoms with Crippen LogP contribution in [0.3, 0.4) is 0 Å². The molecule has 27 heavy (non-hydrogen) atoms. The molecule has 0 aromatic rings. The summed E-state index contributed by atoms with van der Waals surface area (Å²) < 4.78 is 61.0. The average molecular weight is 412 g/mol. The quantitative estimate of drug-likeness (QED) is 0.739. The highest BCUT2D eigenvalue weighted by molar-refractivity contribution is 7.90. The van der Waals surface area contributed by atoms with Gasteiger partial charge in [-0.2, -0.15) is 17.5 Å². The second kappa shape index (κ2) is 7.46. The maximum atomic E-state index is 12.6. The van der Waals surface area contributed by atoms with Crippen LogP contribution < -0.4 is 5.32 Å². The van der Waals surface area contributed by atoms with Crippen LogP contribution in [0.25, 0.3) is 0 Å². The Labute approximate surface area is 155 Å². The lowest BCUT2D eigenvalue weighted by Crippen LogP contribution is -2.52. The minimum absolute atomic E-state index is 0.0181. The van der Waals surface area contributed by atoms with Crippen LogP contribution in [-0.2, 0) is 14.8 Å². The van der Waals surface area contributed by atoms with Gasteiger partial charge in [0.15, 0.2) is 0 Å². The highest BCUT2D eigenvalue weighted by Gasteiger charge is 2.50. The molecule has 154 valence electrons. The number of urea groups is 1. The standard InChI is InChI=1S/C15H23F3N4O4S/c16-15(17,18)27(25,26)21-8-3-11(4-9-21)19-14(24)20-7-5-12(10-20)22-6-1-2-13(22)23/h11-12H,1-10H2,(H,19,24). The van der Waals surface area contributed by atoms with Crippen LogP contribution in [0.15, 0.2) is 0 Å². The second-order valence-corrected chi connectivity index (χ2v) is 9.08. The summed E-state index contributed by atoms with van der Waals surface area (Å²) in [7, 11) is -5.32. The van der Waals surface area contributed by atoms with Crippen LogP contribution in [0.4, 0.5) is 18.0 Å². The zero-order chi connectivity index (χ0) is 19.8. The Hall–Kier alpha value is -1.56. The number of nitrogens with zero attached hydrogens (tertiary/aromatic N) is 3. The Kier molecular flexibility index (Phi) is 5.57. The van der Waals surface area contributed by atoms with E-state index in [9.17, 15) is 31.2 Å². The molecule has 3 amide bonds. The zero-order valence-electron chi connectivity index (χ0n) is 14.7. The van der Waals surface area contributed by atoms with E-state index < -0.39 is 15.5 Å². The number of likely N-dealkylation sites (tertiary alicyclic amines) is 2. The summed E-state index contributed by atoms with van der Waals surface area (Å²) >= 11 is 0. The van der Waals surface area contributed by atoms with E-state index >= 15 is 0 Å². The molecular formula is C15H23F3N4O4S. The van der Waals surface area contributed by atoms with Crippen molar-refractivity contribution in [3.05, 3.63) is 0 Å². The first-order chi connectivity index (χ1) is 12.6. The molecule has 8 nitrogen and oxygen atoms in total. The molecule has 3 aliphatic rings. The van der Waals surface area contributed by atoms with E-state index in [-0.39, 0.29) is 50.0 Å².